The predicted octanol–water partition coefficient (Wildman–Crippen LogP) is 1.49. The van der Waals surface area contributed by atoms with Gasteiger partial charge in [-0.05, 0) is 6.07 Å². The molecule has 0 unspecified atom stereocenters. The van der Waals surface area contributed by atoms with E-state index in [9.17, 15) is 14.0 Å². The Bertz CT molecular complexity index is 445. The molecule has 1 amide bonds. The first-order chi connectivity index (χ1) is 7.45. The fraction of sp³-hybridized carbons (Fsp3) is 0.200. The van der Waals surface area contributed by atoms with Crippen LogP contribution in [0.3, 0.4) is 0 Å². The number of rotatable bonds is 3. The van der Waals surface area contributed by atoms with Crippen molar-refractivity contribution in [3.8, 4) is 5.75 Å². The zero-order valence-electron chi connectivity index (χ0n) is 8.70. The summed E-state index contributed by atoms with van der Waals surface area (Å²) in [4.78, 5) is 21.4. The Labute approximate surface area is 90.8 Å². The van der Waals surface area contributed by atoms with Crippen molar-refractivity contribution in [3.63, 3.8) is 0 Å². The first kappa shape index (κ1) is 12.0. The number of carbonyl (C=O) groups excluding carboxylic acids is 1. The molecule has 2 N–H and O–H groups in total. The van der Waals surface area contributed by atoms with E-state index in [1.54, 1.807) is 0 Å². The molecule has 1 aromatic rings. The number of amides is 1. The quantitative estimate of drug-likeness (QED) is 0.820. The van der Waals surface area contributed by atoms with Gasteiger partial charge in [-0.25, -0.2) is 9.18 Å². The lowest BCUT2D eigenvalue weighted by Crippen LogP contribution is -2.09. The van der Waals surface area contributed by atoms with Gasteiger partial charge in [0.1, 0.15) is 11.6 Å². The highest BCUT2D eigenvalue weighted by atomic mass is 19.1. The number of hydrogen-bond donors (Lipinski definition) is 2. The lowest BCUT2D eigenvalue weighted by Gasteiger charge is -2.10. The Morgan fingerprint density at radius 2 is 2.06 bits per heavy atom. The molecule has 16 heavy (non-hydrogen) atoms. The summed E-state index contributed by atoms with van der Waals surface area (Å²) in [6.45, 7) is 1.25. The van der Waals surface area contributed by atoms with Crippen molar-refractivity contribution in [2.45, 2.75) is 6.92 Å². The Balaban J connectivity index is 3.26. The van der Waals surface area contributed by atoms with Crippen LogP contribution < -0.4 is 10.1 Å². The zero-order chi connectivity index (χ0) is 12.3. The number of halogens is 1. The molecule has 0 fully saturated rings. The van der Waals surface area contributed by atoms with Gasteiger partial charge in [-0.1, -0.05) is 0 Å². The van der Waals surface area contributed by atoms with Gasteiger partial charge < -0.3 is 15.2 Å². The van der Waals surface area contributed by atoms with E-state index in [4.69, 9.17) is 9.84 Å². The highest BCUT2D eigenvalue weighted by molar-refractivity contribution is 5.93. The standard InChI is InChI=1S/C10H10FNO4/c1-5(13)12-8-4-7(11)6(10(14)15)3-9(8)16-2/h3-4H,1-2H3,(H,12,13)(H,14,15). The monoisotopic (exact) mass is 227 g/mol. The number of carboxylic acid groups (broad SMARTS) is 1. The molecule has 86 valence electrons. The molecule has 0 saturated heterocycles. The second-order valence-corrected chi connectivity index (χ2v) is 3.02. The average Bonchev–Trinajstić information content (AvgIpc) is 2.16. The number of nitrogens with one attached hydrogen (secondary N) is 1. The summed E-state index contributed by atoms with van der Waals surface area (Å²) < 4.78 is 18.1. The van der Waals surface area contributed by atoms with Gasteiger partial charge in [0.15, 0.2) is 0 Å². The summed E-state index contributed by atoms with van der Waals surface area (Å²) in [5.74, 6) is -2.64. The molecule has 0 radical (unpaired) electrons. The van der Waals surface area contributed by atoms with Crippen LogP contribution in [0.4, 0.5) is 10.1 Å². The minimum atomic E-state index is -1.40. The lowest BCUT2D eigenvalue weighted by atomic mass is 10.1. The topological polar surface area (TPSA) is 75.6 Å². The SMILES string of the molecule is COc1cc(C(=O)O)c(F)cc1NC(C)=O. The van der Waals surface area contributed by atoms with Crippen LogP contribution in [0.5, 0.6) is 5.75 Å². The lowest BCUT2D eigenvalue weighted by molar-refractivity contribution is -0.114. The number of ether oxygens (including phenoxy) is 1. The molecule has 0 saturated carbocycles. The van der Waals surface area contributed by atoms with Crippen molar-refractivity contribution >= 4 is 17.6 Å². The third-order valence-electron chi connectivity index (χ3n) is 1.83. The maximum atomic E-state index is 13.3. The van der Waals surface area contributed by atoms with Crippen LogP contribution >= 0.6 is 0 Å². The van der Waals surface area contributed by atoms with Crippen LogP contribution in [-0.4, -0.2) is 24.1 Å². The molecule has 0 atom stereocenters. The molecule has 0 bridgehead atoms. The van der Waals surface area contributed by atoms with Crippen LogP contribution in [0.1, 0.15) is 17.3 Å². The normalized spacial score (nSPS) is 9.69. The summed E-state index contributed by atoms with van der Waals surface area (Å²) in [5.41, 5.74) is -0.413. The van der Waals surface area contributed by atoms with Crippen molar-refractivity contribution in [1.82, 2.24) is 0 Å². The smallest absolute Gasteiger partial charge is 0.338 e. The molecule has 0 aromatic heterocycles. The summed E-state index contributed by atoms with van der Waals surface area (Å²) in [5, 5.41) is 11.0. The molecule has 0 heterocycles. The summed E-state index contributed by atoms with van der Waals surface area (Å²) in [6.07, 6.45) is 0. The van der Waals surface area contributed by atoms with Gasteiger partial charge in [0.05, 0.1) is 18.4 Å². The third-order valence-corrected chi connectivity index (χ3v) is 1.83. The average molecular weight is 227 g/mol. The molecule has 0 aliphatic heterocycles. The molecular formula is C10H10FNO4. The predicted molar refractivity (Wildman–Crippen MR) is 54.2 cm³/mol. The van der Waals surface area contributed by atoms with Crippen LogP contribution in [-0.2, 0) is 4.79 Å². The molecule has 6 heteroatoms. The van der Waals surface area contributed by atoms with Crippen molar-refractivity contribution in [2.75, 3.05) is 12.4 Å². The first-order valence-corrected chi connectivity index (χ1v) is 4.34. The molecule has 1 rings (SSSR count). The van der Waals surface area contributed by atoms with Crippen molar-refractivity contribution in [1.29, 1.82) is 0 Å². The van der Waals surface area contributed by atoms with Gasteiger partial charge >= 0.3 is 5.97 Å². The fourth-order valence-electron chi connectivity index (χ4n) is 1.17. The van der Waals surface area contributed by atoms with Crippen molar-refractivity contribution in [2.24, 2.45) is 0 Å². The Hall–Kier alpha value is -2.11. The minimum absolute atomic E-state index is 0.0917. The maximum absolute atomic E-state index is 13.3. The van der Waals surface area contributed by atoms with Gasteiger partial charge in [-0.3, -0.25) is 4.79 Å². The Morgan fingerprint density at radius 1 is 1.44 bits per heavy atom. The summed E-state index contributed by atoms with van der Waals surface area (Å²) in [7, 11) is 1.30. The number of carboxylic acids is 1. The maximum Gasteiger partial charge on any atom is 0.338 e. The third kappa shape index (κ3) is 2.47. The van der Waals surface area contributed by atoms with Gasteiger partial charge in [0.2, 0.25) is 5.91 Å². The number of methoxy groups -OCH3 is 1. The van der Waals surface area contributed by atoms with Gasteiger partial charge in [0.25, 0.3) is 0 Å². The molecule has 0 aliphatic rings. The van der Waals surface area contributed by atoms with Crippen molar-refractivity contribution in [3.05, 3.63) is 23.5 Å². The molecule has 1 aromatic carbocycles. The number of benzene rings is 1. The number of hydrogen-bond acceptors (Lipinski definition) is 3. The van der Waals surface area contributed by atoms with E-state index in [1.165, 1.54) is 14.0 Å². The van der Waals surface area contributed by atoms with E-state index in [0.717, 1.165) is 12.1 Å². The molecular weight excluding hydrogens is 217 g/mol. The number of carbonyl (C=O) groups is 2. The molecule has 5 nitrogen and oxygen atoms in total. The minimum Gasteiger partial charge on any atom is -0.495 e. The fourth-order valence-corrected chi connectivity index (χ4v) is 1.17. The van der Waals surface area contributed by atoms with Crippen LogP contribution in [0.25, 0.3) is 0 Å². The van der Waals surface area contributed by atoms with Gasteiger partial charge in [-0.15, -0.1) is 0 Å². The highest BCUT2D eigenvalue weighted by Gasteiger charge is 2.15. The first-order valence-electron chi connectivity index (χ1n) is 4.34. The van der Waals surface area contributed by atoms with Gasteiger partial charge in [0, 0.05) is 13.0 Å². The van der Waals surface area contributed by atoms with Crippen molar-refractivity contribution < 1.29 is 23.8 Å². The van der Waals surface area contributed by atoms with E-state index in [1.807, 2.05) is 0 Å². The Morgan fingerprint density at radius 3 is 2.50 bits per heavy atom. The molecule has 0 spiro atoms. The summed E-state index contributed by atoms with van der Waals surface area (Å²) >= 11 is 0. The second-order valence-electron chi connectivity index (χ2n) is 3.02. The van der Waals surface area contributed by atoms with E-state index >= 15 is 0 Å². The van der Waals surface area contributed by atoms with Crippen LogP contribution in [0.15, 0.2) is 12.1 Å². The van der Waals surface area contributed by atoms with Gasteiger partial charge in [-0.2, -0.15) is 0 Å². The number of anilines is 1. The highest BCUT2D eigenvalue weighted by Crippen LogP contribution is 2.27. The van der Waals surface area contributed by atoms with Crippen LogP contribution in [0.2, 0.25) is 0 Å². The molecule has 0 aliphatic carbocycles. The Kier molecular flexibility index (Phi) is 3.44. The van der Waals surface area contributed by atoms with E-state index in [0.29, 0.717) is 0 Å². The van der Waals surface area contributed by atoms with E-state index in [2.05, 4.69) is 5.32 Å². The number of aromatic carboxylic acids is 1. The zero-order valence-corrected chi connectivity index (χ0v) is 8.70. The largest absolute Gasteiger partial charge is 0.495 e. The van der Waals surface area contributed by atoms with E-state index < -0.39 is 23.3 Å². The second kappa shape index (κ2) is 4.61. The van der Waals surface area contributed by atoms with Crippen LogP contribution in [0, 0.1) is 5.82 Å². The van der Waals surface area contributed by atoms with E-state index in [-0.39, 0.29) is 11.4 Å². The summed E-state index contributed by atoms with van der Waals surface area (Å²) in [6, 6.07) is 1.92.